The van der Waals surface area contributed by atoms with Crippen molar-refractivity contribution in [1.82, 2.24) is 0 Å². The van der Waals surface area contributed by atoms with E-state index in [1.54, 1.807) is 6.92 Å². The second-order valence-electron chi connectivity index (χ2n) is 4.02. The Balaban J connectivity index is 2.45. The molecule has 1 aliphatic heterocycles. The summed E-state index contributed by atoms with van der Waals surface area (Å²) < 4.78 is 10.0. The van der Waals surface area contributed by atoms with Crippen LogP contribution in [0.1, 0.15) is 27.7 Å². The molecule has 1 unspecified atom stereocenters. The molecule has 0 bridgehead atoms. The average Bonchev–Trinajstić information content (AvgIpc) is 2.44. The minimum atomic E-state index is -0.646. The molecule has 0 aromatic heterocycles. The summed E-state index contributed by atoms with van der Waals surface area (Å²) in [5.41, 5.74) is -1.06. The summed E-state index contributed by atoms with van der Waals surface area (Å²) in [5.74, 6) is -0.259. The van der Waals surface area contributed by atoms with Gasteiger partial charge in [-0.05, 0) is 27.7 Å². The molecule has 3 heteroatoms. The molecule has 1 rings (SSSR count). The monoisotopic (exact) mass is 158 g/mol. The van der Waals surface area contributed by atoms with Gasteiger partial charge in [-0.3, -0.25) is 0 Å². The molecule has 11 heavy (non-hydrogen) atoms. The fourth-order valence-electron chi connectivity index (χ4n) is 0.612. The first kappa shape index (κ1) is 8.53. The zero-order chi connectivity index (χ0) is 8.70. The Morgan fingerprint density at radius 3 is 2.27 bits per heavy atom. The zero-order valence-corrected chi connectivity index (χ0v) is 7.43. The van der Waals surface area contributed by atoms with Gasteiger partial charge in [0.2, 0.25) is 0 Å². The average molecular weight is 158 g/mol. The molecule has 0 amide bonds. The van der Waals surface area contributed by atoms with Crippen LogP contribution in [0.3, 0.4) is 0 Å². The van der Waals surface area contributed by atoms with E-state index in [2.05, 4.69) is 0 Å². The van der Waals surface area contributed by atoms with Gasteiger partial charge in [-0.2, -0.15) is 0 Å². The van der Waals surface area contributed by atoms with Crippen molar-refractivity contribution in [3.8, 4) is 0 Å². The van der Waals surface area contributed by atoms with E-state index in [0.717, 1.165) is 0 Å². The second-order valence-corrected chi connectivity index (χ2v) is 4.02. The fourth-order valence-corrected chi connectivity index (χ4v) is 0.612. The lowest BCUT2D eigenvalue weighted by atomic mass is 10.1. The van der Waals surface area contributed by atoms with Crippen molar-refractivity contribution in [2.45, 2.75) is 38.9 Å². The van der Waals surface area contributed by atoms with Gasteiger partial charge in [0.15, 0.2) is 5.60 Å². The lowest BCUT2D eigenvalue weighted by Gasteiger charge is -2.20. The van der Waals surface area contributed by atoms with Crippen LogP contribution in [0.5, 0.6) is 0 Å². The van der Waals surface area contributed by atoms with E-state index in [4.69, 9.17) is 9.47 Å². The summed E-state index contributed by atoms with van der Waals surface area (Å²) in [6, 6.07) is 0. The molecule has 1 saturated heterocycles. The topological polar surface area (TPSA) is 38.8 Å². The van der Waals surface area contributed by atoms with Crippen LogP contribution in [0.25, 0.3) is 0 Å². The summed E-state index contributed by atoms with van der Waals surface area (Å²) in [6.07, 6.45) is 0. The Kier molecular flexibility index (Phi) is 1.71. The largest absolute Gasteiger partial charge is 0.458 e. The van der Waals surface area contributed by atoms with Gasteiger partial charge in [0.1, 0.15) is 5.60 Å². The lowest BCUT2D eigenvalue weighted by Crippen LogP contribution is -2.32. The maximum Gasteiger partial charge on any atom is 0.341 e. The summed E-state index contributed by atoms with van der Waals surface area (Å²) in [4.78, 5) is 11.2. The van der Waals surface area contributed by atoms with E-state index in [1.165, 1.54) is 0 Å². The number of epoxide rings is 1. The van der Waals surface area contributed by atoms with E-state index in [0.29, 0.717) is 6.61 Å². The van der Waals surface area contributed by atoms with Gasteiger partial charge >= 0.3 is 5.97 Å². The summed E-state index contributed by atoms with van der Waals surface area (Å²) in [6.45, 7) is 7.76. The molecule has 1 heterocycles. The van der Waals surface area contributed by atoms with Crippen molar-refractivity contribution < 1.29 is 14.3 Å². The SMILES string of the molecule is CC(C)(C)OC(=O)C1(C)CO1. The summed E-state index contributed by atoms with van der Waals surface area (Å²) in [7, 11) is 0. The van der Waals surface area contributed by atoms with Gasteiger partial charge in [0.05, 0.1) is 6.61 Å². The smallest absolute Gasteiger partial charge is 0.341 e. The molecule has 1 fully saturated rings. The number of carbonyl (C=O) groups excluding carboxylic acids is 1. The highest BCUT2D eigenvalue weighted by Crippen LogP contribution is 2.29. The third-order valence-corrected chi connectivity index (χ3v) is 1.41. The third kappa shape index (κ3) is 2.19. The van der Waals surface area contributed by atoms with Crippen LogP contribution in [-0.4, -0.2) is 23.8 Å². The summed E-state index contributed by atoms with van der Waals surface area (Å²) in [5, 5.41) is 0. The summed E-state index contributed by atoms with van der Waals surface area (Å²) >= 11 is 0. The van der Waals surface area contributed by atoms with Crippen molar-refractivity contribution in [3.05, 3.63) is 0 Å². The standard InChI is InChI=1S/C8H14O3/c1-7(2,3)11-6(9)8(4)5-10-8/h5H2,1-4H3. The molecule has 0 N–H and O–H groups in total. The fraction of sp³-hybridized carbons (Fsp3) is 0.875. The Bertz CT molecular complexity index is 174. The highest BCUT2D eigenvalue weighted by Gasteiger charge is 2.50. The van der Waals surface area contributed by atoms with Crippen LogP contribution in [-0.2, 0) is 14.3 Å². The Labute approximate surface area is 66.7 Å². The Morgan fingerprint density at radius 2 is 2.00 bits per heavy atom. The molecular formula is C8H14O3. The van der Waals surface area contributed by atoms with Gasteiger partial charge in [-0.25, -0.2) is 4.79 Å². The highest BCUT2D eigenvalue weighted by atomic mass is 16.6. The zero-order valence-electron chi connectivity index (χ0n) is 7.43. The van der Waals surface area contributed by atoms with Crippen LogP contribution in [0.15, 0.2) is 0 Å². The van der Waals surface area contributed by atoms with Crippen LogP contribution < -0.4 is 0 Å². The van der Waals surface area contributed by atoms with Gasteiger partial charge in [0.25, 0.3) is 0 Å². The molecule has 1 aliphatic rings. The van der Waals surface area contributed by atoms with Crippen molar-refractivity contribution in [2.75, 3.05) is 6.61 Å². The van der Waals surface area contributed by atoms with Crippen LogP contribution in [0, 0.1) is 0 Å². The van der Waals surface area contributed by atoms with Crippen LogP contribution in [0.4, 0.5) is 0 Å². The molecule has 0 aliphatic carbocycles. The number of carbonyl (C=O) groups is 1. The third-order valence-electron chi connectivity index (χ3n) is 1.41. The predicted octanol–water partition coefficient (Wildman–Crippen LogP) is 1.12. The van der Waals surface area contributed by atoms with Gasteiger partial charge in [-0.15, -0.1) is 0 Å². The van der Waals surface area contributed by atoms with Gasteiger partial charge in [-0.1, -0.05) is 0 Å². The first-order valence-corrected chi connectivity index (χ1v) is 3.71. The Hall–Kier alpha value is -0.570. The maximum atomic E-state index is 11.2. The molecule has 0 radical (unpaired) electrons. The first-order chi connectivity index (χ1) is 4.83. The molecule has 3 nitrogen and oxygen atoms in total. The number of rotatable bonds is 1. The number of hydrogen-bond donors (Lipinski definition) is 0. The van der Waals surface area contributed by atoms with Gasteiger partial charge in [0, 0.05) is 0 Å². The molecule has 0 spiro atoms. The van der Waals surface area contributed by atoms with Crippen LogP contribution in [0.2, 0.25) is 0 Å². The lowest BCUT2D eigenvalue weighted by molar-refractivity contribution is -0.160. The van der Waals surface area contributed by atoms with E-state index >= 15 is 0 Å². The van der Waals surface area contributed by atoms with Crippen LogP contribution >= 0.6 is 0 Å². The molecule has 0 saturated carbocycles. The highest BCUT2D eigenvalue weighted by molar-refractivity contribution is 5.82. The van der Waals surface area contributed by atoms with E-state index < -0.39 is 11.2 Å². The quantitative estimate of drug-likeness (QED) is 0.424. The second kappa shape index (κ2) is 2.21. The number of esters is 1. The van der Waals surface area contributed by atoms with Crippen molar-refractivity contribution in [1.29, 1.82) is 0 Å². The van der Waals surface area contributed by atoms with E-state index in [1.807, 2.05) is 20.8 Å². The minimum absolute atomic E-state index is 0.259. The predicted molar refractivity (Wildman–Crippen MR) is 40.2 cm³/mol. The number of ether oxygens (including phenoxy) is 2. The normalized spacial score (nSPS) is 29.8. The maximum absolute atomic E-state index is 11.2. The van der Waals surface area contributed by atoms with Crippen molar-refractivity contribution >= 4 is 5.97 Å². The Morgan fingerprint density at radius 1 is 1.55 bits per heavy atom. The van der Waals surface area contributed by atoms with Crippen molar-refractivity contribution in [2.24, 2.45) is 0 Å². The molecule has 0 aromatic rings. The number of hydrogen-bond acceptors (Lipinski definition) is 3. The molecule has 1 atom stereocenters. The molecule has 0 aromatic carbocycles. The first-order valence-electron chi connectivity index (χ1n) is 3.71. The molecular weight excluding hydrogens is 144 g/mol. The van der Waals surface area contributed by atoms with E-state index in [-0.39, 0.29) is 5.97 Å². The minimum Gasteiger partial charge on any atom is -0.458 e. The van der Waals surface area contributed by atoms with E-state index in [9.17, 15) is 4.79 Å². The van der Waals surface area contributed by atoms with Crippen molar-refractivity contribution in [3.63, 3.8) is 0 Å². The van der Waals surface area contributed by atoms with Gasteiger partial charge < -0.3 is 9.47 Å². The molecule has 64 valence electrons.